The monoisotopic (exact) mass is 445 g/mol. The Labute approximate surface area is 184 Å². The lowest BCUT2D eigenvalue weighted by Crippen LogP contribution is -2.20. The van der Waals surface area contributed by atoms with Gasteiger partial charge >= 0.3 is 0 Å². The molecule has 0 spiro atoms. The fourth-order valence-electron chi connectivity index (χ4n) is 3.60. The first kappa shape index (κ1) is 20.1. The van der Waals surface area contributed by atoms with E-state index in [9.17, 15) is 4.79 Å². The van der Waals surface area contributed by atoms with E-state index in [1.165, 1.54) is 22.3 Å². The predicted octanol–water partition coefficient (Wildman–Crippen LogP) is 6.85. The highest BCUT2D eigenvalue weighted by Crippen LogP contribution is 2.42. The fourth-order valence-corrected chi connectivity index (χ4v) is 4.42. The second kappa shape index (κ2) is 7.91. The van der Waals surface area contributed by atoms with Crippen molar-refractivity contribution in [2.45, 2.75) is 20.3 Å². The summed E-state index contributed by atoms with van der Waals surface area (Å²) in [4.78, 5) is 12.4. The maximum Gasteiger partial charge on any atom is 0.262 e. The van der Waals surface area contributed by atoms with Gasteiger partial charge in [0.05, 0.1) is 10.0 Å². The van der Waals surface area contributed by atoms with Crippen molar-refractivity contribution in [3.63, 3.8) is 0 Å². The van der Waals surface area contributed by atoms with Gasteiger partial charge in [0.1, 0.15) is 0 Å². The molecule has 0 aliphatic heterocycles. The second-order valence-electron chi connectivity index (χ2n) is 7.06. The number of rotatable bonds is 4. The van der Waals surface area contributed by atoms with Crippen LogP contribution in [0.3, 0.4) is 0 Å². The molecule has 0 fully saturated rings. The zero-order valence-electron chi connectivity index (χ0n) is 15.9. The number of carbonyl (C=O) groups is 1. The second-order valence-corrected chi connectivity index (χ2v) is 8.20. The summed E-state index contributed by atoms with van der Waals surface area (Å²) < 4.78 is 5.63. The highest BCUT2D eigenvalue weighted by atomic mass is 35.5. The number of nitrogens with one attached hydrogen (secondary N) is 1. The molecule has 3 aromatic rings. The van der Waals surface area contributed by atoms with Gasteiger partial charge in [-0.05, 0) is 65.8 Å². The number of carbonyl (C=O) groups excluding carboxylic acids is 1. The van der Waals surface area contributed by atoms with Crippen molar-refractivity contribution in [2.24, 2.45) is 0 Å². The quantitative estimate of drug-likeness (QED) is 0.372. The third-order valence-electron chi connectivity index (χ3n) is 5.14. The smallest absolute Gasteiger partial charge is 0.262 e. The van der Waals surface area contributed by atoms with E-state index in [4.69, 9.17) is 39.5 Å². The Morgan fingerprint density at radius 1 is 0.931 bits per heavy atom. The molecular formula is C23H18Cl3NO2. The lowest BCUT2D eigenvalue weighted by Gasteiger charge is -2.15. The van der Waals surface area contributed by atoms with Crippen LogP contribution in [-0.2, 0) is 11.2 Å². The molecule has 6 heteroatoms. The van der Waals surface area contributed by atoms with Crippen molar-refractivity contribution in [3.8, 4) is 16.9 Å². The Morgan fingerprint density at radius 2 is 1.59 bits per heavy atom. The zero-order valence-corrected chi connectivity index (χ0v) is 18.2. The van der Waals surface area contributed by atoms with Gasteiger partial charge in [-0.2, -0.15) is 0 Å². The summed E-state index contributed by atoms with van der Waals surface area (Å²) in [6.45, 7) is 3.35. The van der Waals surface area contributed by atoms with E-state index in [2.05, 4.69) is 17.4 Å². The molecule has 0 radical (unpaired) electrons. The SMILES string of the molecule is Cc1c(Cl)c(C)c(Cl)c(OCC(=O)Nc2ccc3c(c2)Cc2ccccc2-3)c1Cl. The molecule has 148 valence electrons. The standard InChI is InChI=1S/C23H18Cl3NO2/c1-12-20(24)13(2)22(26)23(21(12)25)29-11-19(28)27-16-7-8-18-15(10-16)9-14-5-3-4-6-17(14)18/h3-8,10H,9,11H2,1-2H3,(H,27,28). The van der Waals surface area contributed by atoms with Crippen LogP contribution in [0.25, 0.3) is 11.1 Å². The van der Waals surface area contributed by atoms with E-state index in [-0.39, 0.29) is 18.3 Å². The molecule has 4 rings (SSSR count). The van der Waals surface area contributed by atoms with Gasteiger partial charge in [0.15, 0.2) is 12.4 Å². The topological polar surface area (TPSA) is 38.3 Å². The van der Waals surface area contributed by atoms with Crippen molar-refractivity contribution in [1.82, 2.24) is 0 Å². The maximum absolute atomic E-state index is 12.4. The average Bonchev–Trinajstić information content (AvgIpc) is 3.08. The molecule has 0 unspecified atom stereocenters. The van der Waals surface area contributed by atoms with E-state index in [1.54, 1.807) is 13.8 Å². The van der Waals surface area contributed by atoms with Crippen molar-refractivity contribution in [1.29, 1.82) is 0 Å². The van der Waals surface area contributed by atoms with E-state index in [0.717, 1.165) is 12.1 Å². The van der Waals surface area contributed by atoms with Gasteiger partial charge in [-0.15, -0.1) is 0 Å². The molecule has 0 heterocycles. The normalized spacial score (nSPS) is 11.8. The number of amides is 1. The Hall–Kier alpha value is -2.20. The van der Waals surface area contributed by atoms with Gasteiger partial charge in [-0.3, -0.25) is 4.79 Å². The number of anilines is 1. The summed E-state index contributed by atoms with van der Waals surface area (Å²) in [6, 6.07) is 14.3. The van der Waals surface area contributed by atoms with Crippen LogP contribution in [0, 0.1) is 13.8 Å². The van der Waals surface area contributed by atoms with Crippen molar-refractivity contribution in [3.05, 3.63) is 79.8 Å². The largest absolute Gasteiger partial charge is 0.481 e. The summed E-state index contributed by atoms with van der Waals surface area (Å²) in [7, 11) is 0. The predicted molar refractivity (Wildman–Crippen MR) is 120 cm³/mol. The molecule has 29 heavy (non-hydrogen) atoms. The number of fused-ring (bicyclic) bond motifs is 3. The van der Waals surface area contributed by atoms with Crippen LogP contribution < -0.4 is 10.1 Å². The summed E-state index contributed by atoms with van der Waals surface area (Å²) in [5, 5.41) is 4.00. The van der Waals surface area contributed by atoms with Gasteiger partial charge in [-0.25, -0.2) is 0 Å². The van der Waals surface area contributed by atoms with Gasteiger partial charge in [0.25, 0.3) is 5.91 Å². The molecule has 0 saturated heterocycles. The van der Waals surface area contributed by atoms with Crippen LogP contribution in [0.4, 0.5) is 5.69 Å². The lowest BCUT2D eigenvalue weighted by molar-refractivity contribution is -0.118. The summed E-state index contributed by atoms with van der Waals surface area (Å²) >= 11 is 18.8. The number of halogens is 3. The molecule has 1 amide bonds. The zero-order chi connectivity index (χ0) is 20.7. The van der Waals surface area contributed by atoms with Gasteiger partial charge < -0.3 is 10.1 Å². The number of ether oxygens (including phenoxy) is 1. The lowest BCUT2D eigenvalue weighted by atomic mass is 10.1. The van der Waals surface area contributed by atoms with E-state index in [1.807, 2.05) is 30.3 Å². The fraction of sp³-hybridized carbons (Fsp3) is 0.174. The Balaban J connectivity index is 1.46. The number of hydrogen-bond acceptors (Lipinski definition) is 2. The molecule has 0 saturated carbocycles. The first-order valence-corrected chi connectivity index (χ1v) is 10.3. The van der Waals surface area contributed by atoms with Gasteiger partial charge in [0.2, 0.25) is 0 Å². The minimum absolute atomic E-state index is 0.211. The number of benzene rings is 3. The molecule has 1 N–H and O–H groups in total. The minimum Gasteiger partial charge on any atom is -0.481 e. The van der Waals surface area contributed by atoms with Gasteiger partial charge in [0, 0.05) is 10.7 Å². The Bertz CT molecular complexity index is 1110. The van der Waals surface area contributed by atoms with Crippen molar-refractivity contribution >= 4 is 46.4 Å². The summed E-state index contributed by atoms with van der Waals surface area (Å²) in [6.07, 6.45) is 0.861. The first-order chi connectivity index (χ1) is 13.9. The molecule has 3 aromatic carbocycles. The highest BCUT2D eigenvalue weighted by Gasteiger charge is 2.20. The van der Waals surface area contributed by atoms with E-state index < -0.39 is 0 Å². The molecular weight excluding hydrogens is 429 g/mol. The third kappa shape index (κ3) is 3.71. The Kier molecular flexibility index (Phi) is 5.48. The summed E-state index contributed by atoms with van der Waals surface area (Å²) in [5.74, 6) is -0.0230. The van der Waals surface area contributed by atoms with E-state index in [0.29, 0.717) is 26.2 Å². The Morgan fingerprint density at radius 3 is 2.31 bits per heavy atom. The van der Waals surface area contributed by atoms with Crippen LogP contribution >= 0.6 is 34.8 Å². The highest BCUT2D eigenvalue weighted by molar-refractivity contribution is 6.42. The molecule has 0 aromatic heterocycles. The molecule has 1 aliphatic carbocycles. The van der Waals surface area contributed by atoms with E-state index >= 15 is 0 Å². The molecule has 0 bridgehead atoms. The van der Waals surface area contributed by atoms with Crippen LogP contribution in [-0.4, -0.2) is 12.5 Å². The molecule has 3 nitrogen and oxygen atoms in total. The first-order valence-electron chi connectivity index (χ1n) is 9.14. The van der Waals surface area contributed by atoms with Crippen LogP contribution in [0.5, 0.6) is 5.75 Å². The minimum atomic E-state index is -0.294. The molecule has 0 atom stereocenters. The summed E-state index contributed by atoms with van der Waals surface area (Å²) in [5.41, 5.74) is 7.02. The van der Waals surface area contributed by atoms with Crippen LogP contribution in [0.1, 0.15) is 22.3 Å². The van der Waals surface area contributed by atoms with Crippen molar-refractivity contribution in [2.75, 3.05) is 11.9 Å². The van der Waals surface area contributed by atoms with Crippen molar-refractivity contribution < 1.29 is 9.53 Å². The van der Waals surface area contributed by atoms with Gasteiger partial charge in [-0.1, -0.05) is 65.1 Å². The third-order valence-corrected chi connectivity index (χ3v) is 6.62. The maximum atomic E-state index is 12.4. The van der Waals surface area contributed by atoms with Crippen LogP contribution in [0.15, 0.2) is 42.5 Å². The number of hydrogen-bond donors (Lipinski definition) is 1. The molecule has 1 aliphatic rings. The average molecular weight is 447 g/mol. The van der Waals surface area contributed by atoms with Crippen LogP contribution in [0.2, 0.25) is 15.1 Å².